The normalized spacial score (nSPS) is 24.6. The number of aromatic nitrogens is 2. The van der Waals surface area contributed by atoms with E-state index in [0.29, 0.717) is 11.6 Å². The Labute approximate surface area is 214 Å². The Morgan fingerprint density at radius 3 is 2.51 bits per heavy atom. The summed E-state index contributed by atoms with van der Waals surface area (Å²) in [4.78, 5) is 12.9. The third-order valence-corrected chi connectivity index (χ3v) is 10.2. The molecule has 0 bridgehead atoms. The summed E-state index contributed by atoms with van der Waals surface area (Å²) in [6.07, 6.45) is 11.4. The van der Waals surface area contributed by atoms with E-state index < -0.39 is 10.8 Å². The molecule has 0 amide bonds. The monoisotopic (exact) mass is 512 g/mol. The van der Waals surface area contributed by atoms with Crippen molar-refractivity contribution in [1.82, 2.24) is 9.97 Å². The minimum absolute atomic E-state index is 0.0723. The summed E-state index contributed by atoms with van der Waals surface area (Å²) in [5.74, 6) is 2.09. The fourth-order valence-corrected chi connectivity index (χ4v) is 7.50. The summed E-state index contributed by atoms with van der Waals surface area (Å²) < 4.78 is 13.1. The number of nitrogens with zero attached hydrogens (tertiary/aromatic N) is 3. The zero-order chi connectivity index (χ0) is 24.0. The fraction of sp³-hybridized carbons (Fsp3) is 0.556. The van der Waals surface area contributed by atoms with Gasteiger partial charge in [0.25, 0.3) is 0 Å². The van der Waals surface area contributed by atoms with Crippen molar-refractivity contribution in [2.24, 2.45) is 5.41 Å². The van der Waals surface area contributed by atoms with E-state index >= 15 is 0 Å². The van der Waals surface area contributed by atoms with E-state index in [4.69, 9.17) is 21.6 Å². The maximum absolute atomic E-state index is 13.1. The van der Waals surface area contributed by atoms with Gasteiger partial charge in [0.15, 0.2) is 0 Å². The molecule has 2 aliphatic heterocycles. The largest absolute Gasteiger partial charge is 0.394 e. The van der Waals surface area contributed by atoms with Gasteiger partial charge < -0.3 is 15.3 Å². The molecule has 8 heteroatoms. The first kappa shape index (κ1) is 23.4. The Balaban J connectivity index is 1.22. The van der Waals surface area contributed by atoms with Crippen LogP contribution >= 0.6 is 11.6 Å². The summed E-state index contributed by atoms with van der Waals surface area (Å²) in [5.41, 5.74) is 3.55. The van der Waals surface area contributed by atoms with Gasteiger partial charge in [-0.2, -0.15) is 4.98 Å². The molecule has 3 heterocycles. The number of nitrogens with one attached hydrogen (secondary N) is 1. The standard InChI is InChI=1S/C27H33ClN4O2S/c28-21-7-5-19(6-8-21)20-9-13-26(14-10-20)16-32(17-26)25-29-22-4-1-2-15-35(34)23(22)24(30-25)31-27(18-33)11-3-12-27/h5-9,33H,1-4,10-18H2,(H,29,30,31)/t35-/m1/s1. The molecule has 1 saturated heterocycles. The molecule has 0 radical (unpaired) electrons. The first-order valence-corrected chi connectivity index (χ1v) is 14.6. The highest BCUT2D eigenvalue weighted by Gasteiger charge is 2.45. The Bertz CT molecular complexity index is 1170. The van der Waals surface area contributed by atoms with Crippen molar-refractivity contribution in [2.75, 3.05) is 35.7 Å². The molecule has 1 spiro atoms. The Morgan fingerprint density at radius 2 is 1.86 bits per heavy atom. The zero-order valence-corrected chi connectivity index (χ0v) is 21.6. The van der Waals surface area contributed by atoms with Gasteiger partial charge in [0.2, 0.25) is 5.95 Å². The fourth-order valence-electron chi connectivity index (χ4n) is 5.99. The molecule has 1 atom stereocenters. The van der Waals surface area contributed by atoms with Gasteiger partial charge in [0, 0.05) is 29.3 Å². The van der Waals surface area contributed by atoms with Gasteiger partial charge >= 0.3 is 0 Å². The lowest BCUT2D eigenvalue weighted by molar-refractivity contribution is 0.143. The van der Waals surface area contributed by atoms with Crippen LogP contribution in [0, 0.1) is 5.41 Å². The average molecular weight is 513 g/mol. The van der Waals surface area contributed by atoms with Crippen molar-refractivity contribution >= 4 is 39.7 Å². The smallest absolute Gasteiger partial charge is 0.227 e. The molecule has 186 valence electrons. The molecule has 6 nitrogen and oxygen atoms in total. The topological polar surface area (TPSA) is 78.4 Å². The van der Waals surface area contributed by atoms with Crippen LogP contribution in [0.3, 0.4) is 0 Å². The van der Waals surface area contributed by atoms with Crippen molar-refractivity contribution in [2.45, 2.75) is 68.2 Å². The third kappa shape index (κ3) is 4.40. The minimum atomic E-state index is -1.10. The van der Waals surface area contributed by atoms with Crippen LogP contribution in [0.25, 0.3) is 5.57 Å². The average Bonchev–Trinajstić information content (AvgIpc) is 3.01. The predicted molar refractivity (Wildman–Crippen MR) is 141 cm³/mol. The van der Waals surface area contributed by atoms with Crippen LogP contribution in [0.5, 0.6) is 0 Å². The van der Waals surface area contributed by atoms with Gasteiger partial charge in [-0.15, -0.1) is 0 Å². The lowest BCUT2D eigenvalue weighted by atomic mass is 9.69. The van der Waals surface area contributed by atoms with E-state index in [1.54, 1.807) is 0 Å². The Hall–Kier alpha value is -1.96. The summed E-state index contributed by atoms with van der Waals surface area (Å²) in [6.45, 7) is 1.97. The van der Waals surface area contributed by atoms with Crippen molar-refractivity contribution in [3.8, 4) is 0 Å². The molecule has 0 unspecified atom stereocenters. The molecular formula is C27H33ClN4O2S. The second kappa shape index (κ2) is 9.16. The number of aliphatic hydroxyl groups is 1. The number of halogens is 1. The number of fused-ring (bicyclic) bond motifs is 1. The molecule has 1 saturated carbocycles. The number of hydrogen-bond acceptors (Lipinski definition) is 6. The molecule has 2 N–H and O–H groups in total. The number of aliphatic hydroxyl groups excluding tert-OH is 1. The van der Waals surface area contributed by atoms with E-state index in [0.717, 1.165) is 92.4 Å². The van der Waals surface area contributed by atoms with Crippen LogP contribution in [-0.4, -0.2) is 50.3 Å². The van der Waals surface area contributed by atoms with Crippen molar-refractivity contribution in [3.63, 3.8) is 0 Å². The highest BCUT2D eigenvalue weighted by Crippen LogP contribution is 2.47. The maximum atomic E-state index is 13.1. The van der Waals surface area contributed by atoms with E-state index in [2.05, 4.69) is 28.4 Å². The molecule has 6 rings (SSSR count). The van der Waals surface area contributed by atoms with Crippen LogP contribution in [-0.2, 0) is 17.2 Å². The van der Waals surface area contributed by atoms with Crippen LogP contribution in [0.2, 0.25) is 5.02 Å². The van der Waals surface area contributed by atoms with Crippen LogP contribution < -0.4 is 10.2 Å². The van der Waals surface area contributed by atoms with Crippen molar-refractivity contribution in [1.29, 1.82) is 0 Å². The Kier molecular flexibility index (Phi) is 6.14. The quantitative estimate of drug-likeness (QED) is 0.588. The van der Waals surface area contributed by atoms with Crippen LogP contribution in [0.4, 0.5) is 11.8 Å². The molecule has 1 aromatic carbocycles. The number of aryl methyl sites for hydroxylation is 1. The summed E-state index contributed by atoms with van der Waals surface area (Å²) in [7, 11) is -1.10. The lowest BCUT2D eigenvalue weighted by Crippen LogP contribution is -2.57. The number of hydrogen-bond donors (Lipinski definition) is 2. The molecular weight excluding hydrogens is 480 g/mol. The number of rotatable bonds is 5. The second-order valence-corrected chi connectivity index (χ2v) is 12.8. The van der Waals surface area contributed by atoms with Gasteiger partial charge in [-0.05, 0) is 81.1 Å². The molecule has 2 aromatic rings. The maximum Gasteiger partial charge on any atom is 0.227 e. The minimum Gasteiger partial charge on any atom is -0.394 e. The number of allylic oxidation sites excluding steroid dienone is 2. The lowest BCUT2D eigenvalue weighted by Gasteiger charge is -2.52. The Morgan fingerprint density at radius 1 is 1.06 bits per heavy atom. The van der Waals surface area contributed by atoms with E-state index in [-0.39, 0.29) is 17.6 Å². The SMILES string of the molecule is O=[S@@]1CCCCc2nc(N3CC4(CC=C(c5ccc(Cl)cc5)CC4)C3)nc(NC3(CO)CCC3)c21. The van der Waals surface area contributed by atoms with Crippen LogP contribution in [0.1, 0.15) is 62.6 Å². The van der Waals surface area contributed by atoms with Crippen LogP contribution in [0.15, 0.2) is 35.2 Å². The second-order valence-electron chi connectivity index (χ2n) is 10.9. The molecule has 2 fully saturated rings. The first-order chi connectivity index (χ1) is 17.0. The summed E-state index contributed by atoms with van der Waals surface area (Å²) in [5, 5.41) is 14.3. The zero-order valence-electron chi connectivity index (χ0n) is 20.1. The third-order valence-electron chi connectivity index (χ3n) is 8.40. The predicted octanol–water partition coefficient (Wildman–Crippen LogP) is 4.97. The van der Waals surface area contributed by atoms with Gasteiger partial charge in [-0.25, -0.2) is 4.98 Å². The van der Waals surface area contributed by atoms with E-state index in [1.807, 2.05) is 12.1 Å². The van der Waals surface area contributed by atoms with Gasteiger partial charge in [0.05, 0.1) is 28.6 Å². The number of benzene rings is 1. The molecule has 4 aliphatic rings. The van der Waals surface area contributed by atoms with Crippen molar-refractivity contribution < 1.29 is 9.32 Å². The van der Waals surface area contributed by atoms with Gasteiger partial charge in [-0.3, -0.25) is 4.21 Å². The number of anilines is 2. The van der Waals surface area contributed by atoms with E-state index in [9.17, 15) is 9.32 Å². The highest BCUT2D eigenvalue weighted by atomic mass is 35.5. The molecule has 1 aromatic heterocycles. The first-order valence-electron chi connectivity index (χ1n) is 12.9. The molecule has 2 aliphatic carbocycles. The highest BCUT2D eigenvalue weighted by molar-refractivity contribution is 7.85. The van der Waals surface area contributed by atoms with Crippen molar-refractivity contribution in [3.05, 3.63) is 46.6 Å². The summed E-state index contributed by atoms with van der Waals surface area (Å²) >= 11 is 6.06. The van der Waals surface area contributed by atoms with Gasteiger partial charge in [-0.1, -0.05) is 29.8 Å². The van der Waals surface area contributed by atoms with Gasteiger partial charge in [0.1, 0.15) is 10.7 Å². The summed E-state index contributed by atoms with van der Waals surface area (Å²) in [6, 6.07) is 8.16. The molecule has 35 heavy (non-hydrogen) atoms. The van der Waals surface area contributed by atoms with E-state index in [1.165, 1.54) is 11.1 Å².